The van der Waals surface area contributed by atoms with Crippen molar-refractivity contribution in [3.05, 3.63) is 46.7 Å². The molecule has 1 aliphatic rings. The van der Waals surface area contributed by atoms with Gasteiger partial charge in [-0.05, 0) is 56.0 Å². The van der Waals surface area contributed by atoms with Crippen LogP contribution in [-0.2, 0) is 14.4 Å². The third-order valence-electron chi connectivity index (χ3n) is 5.35. The molecule has 1 unspecified atom stereocenters. The quantitative estimate of drug-likeness (QED) is 0.713. The Labute approximate surface area is 179 Å². The van der Waals surface area contributed by atoms with Gasteiger partial charge in [0.25, 0.3) is 11.8 Å². The van der Waals surface area contributed by atoms with E-state index in [1.165, 1.54) is 18.3 Å². The molecule has 1 aromatic carbocycles. The predicted octanol–water partition coefficient (Wildman–Crippen LogP) is 3.67. The van der Waals surface area contributed by atoms with Gasteiger partial charge in [-0.1, -0.05) is 13.0 Å². The second-order valence-electron chi connectivity index (χ2n) is 7.83. The molecule has 30 heavy (non-hydrogen) atoms. The molecule has 0 spiro atoms. The van der Waals surface area contributed by atoms with Gasteiger partial charge in [0, 0.05) is 18.2 Å². The van der Waals surface area contributed by atoms with E-state index in [9.17, 15) is 19.2 Å². The summed E-state index contributed by atoms with van der Waals surface area (Å²) in [6.07, 6.45) is 0.570. The highest BCUT2D eigenvalue weighted by atomic mass is 32.1. The minimum Gasteiger partial charge on any atom is -0.326 e. The lowest BCUT2D eigenvalue weighted by Gasteiger charge is -2.41. The summed E-state index contributed by atoms with van der Waals surface area (Å²) in [5.41, 5.74) is 0.385. The lowest BCUT2D eigenvalue weighted by molar-refractivity contribution is -0.123. The molecule has 158 valence electrons. The molecule has 1 N–H and O–H groups in total. The zero-order valence-electron chi connectivity index (χ0n) is 17.5. The van der Waals surface area contributed by atoms with Gasteiger partial charge in [0.2, 0.25) is 11.8 Å². The summed E-state index contributed by atoms with van der Waals surface area (Å²) in [6.45, 7) is 7.16. The summed E-state index contributed by atoms with van der Waals surface area (Å²) >= 11 is 1.31. The number of nitrogens with one attached hydrogen (secondary N) is 1. The average Bonchev–Trinajstić information content (AvgIpc) is 3.31. The van der Waals surface area contributed by atoms with E-state index in [2.05, 4.69) is 5.32 Å². The van der Waals surface area contributed by atoms with Gasteiger partial charge in [-0.25, -0.2) is 4.90 Å². The fraction of sp³-hybridized carbons (Fsp3) is 0.364. The van der Waals surface area contributed by atoms with Crippen LogP contribution >= 0.6 is 11.3 Å². The molecule has 2 aromatic rings. The summed E-state index contributed by atoms with van der Waals surface area (Å²) in [5, 5.41) is 4.47. The van der Waals surface area contributed by atoms with Gasteiger partial charge < -0.3 is 10.2 Å². The number of imide groups is 1. The second-order valence-corrected chi connectivity index (χ2v) is 8.78. The number of amides is 4. The maximum absolute atomic E-state index is 13.3. The van der Waals surface area contributed by atoms with Gasteiger partial charge in [0.15, 0.2) is 0 Å². The Hall–Kier alpha value is -3.00. The smallest absolute Gasteiger partial charge is 0.265 e. The number of carbonyl (C=O) groups is 4. The number of hydrogen-bond acceptors (Lipinski definition) is 5. The highest BCUT2D eigenvalue weighted by Crippen LogP contribution is 2.33. The zero-order chi connectivity index (χ0) is 22.1. The first kappa shape index (κ1) is 21.7. The minimum atomic E-state index is -0.864. The fourth-order valence-corrected chi connectivity index (χ4v) is 4.17. The van der Waals surface area contributed by atoms with Gasteiger partial charge in [-0.3, -0.25) is 19.2 Å². The van der Waals surface area contributed by atoms with Crippen LogP contribution in [0.4, 0.5) is 11.4 Å². The number of carbonyl (C=O) groups excluding carboxylic acids is 4. The Morgan fingerprint density at radius 3 is 2.40 bits per heavy atom. The highest BCUT2D eigenvalue weighted by molar-refractivity contribution is 7.12. The van der Waals surface area contributed by atoms with Crippen molar-refractivity contribution in [2.75, 3.05) is 10.2 Å². The highest BCUT2D eigenvalue weighted by Gasteiger charge is 2.48. The van der Waals surface area contributed by atoms with Crippen molar-refractivity contribution in [3.8, 4) is 0 Å². The van der Waals surface area contributed by atoms with E-state index in [1.54, 1.807) is 41.3 Å². The summed E-state index contributed by atoms with van der Waals surface area (Å²) in [5.74, 6) is -1.22. The van der Waals surface area contributed by atoms with Crippen LogP contribution in [0, 0.1) is 0 Å². The molecule has 0 aliphatic carbocycles. The van der Waals surface area contributed by atoms with Gasteiger partial charge in [-0.15, -0.1) is 11.3 Å². The normalized spacial score (nSPS) is 16.7. The first-order valence-electron chi connectivity index (χ1n) is 9.77. The van der Waals surface area contributed by atoms with E-state index >= 15 is 0 Å². The van der Waals surface area contributed by atoms with Crippen molar-refractivity contribution in [3.63, 3.8) is 0 Å². The molecule has 7 nitrogen and oxygen atoms in total. The summed E-state index contributed by atoms with van der Waals surface area (Å²) in [6, 6.07) is 9.15. The van der Waals surface area contributed by atoms with Crippen molar-refractivity contribution in [1.82, 2.24) is 4.90 Å². The third kappa shape index (κ3) is 4.14. The standard InChI is InChI=1S/C22H25N3O4S/c1-5-22(3,4)25(21(29)18-7-6-12-30-18)17-13-19(27)24(20(17)28)16-10-8-15(9-11-16)23-14(2)26/h6-12,17H,5,13H2,1-4H3,(H,23,26). The molecule has 1 fully saturated rings. The van der Waals surface area contributed by atoms with Crippen molar-refractivity contribution in [2.45, 2.75) is 52.1 Å². The van der Waals surface area contributed by atoms with Crippen LogP contribution in [0.2, 0.25) is 0 Å². The van der Waals surface area contributed by atoms with E-state index in [0.29, 0.717) is 22.7 Å². The molecule has 8 heteroatoms. The van der Waals surface area contributed by atoms with E-state index in [-0.39, 0.29) is 24.1 Å². The number of hydrogen-bond donors (Lipinski definition) is 1. The van der Waals surface area contributed by atoms with Crippen molar-refractivity contribution >= 4 is 46.3 Å². The van der Waals surface area contributed by atoms with Gasteiger partial charge >= 0.3 is 0 Å². The Kier molecular flexibility index (Phi) is 6.07. The number of thiophene rings is 1. The van der Waals surface area contributed by atoms with E-state index < -0.39 is 17.5 Å². The van der Waals surface area contributed by atoms with Crippen molar-refractivity contribution in [1.29, 1.82) is 0 Å². The van der Waals surface area contributed by atoms with Crippen LogP contribution in [0.3, 0.4) is 0 Å². The molecular formula is C22H25N3O4S. The van der Waals surface area contributed by atoms with Crippen molar-refractivity contribution < 1.29 is 19.2 Å². The summed E-state index contributed by atoms with van der Waals surface area (Å²) < 4.78 is 0. The third-order valence-corrected chi connectivity index (χ3v) is 6.21. The van der Waals surface area contributed by atoms with Gasteiger partial charge in [0.05, 0.1) is 17.0 Å². The van der Waals surface area contributed by atoms with Crippen LogP contribution in [0.15, 0.2) is 41.8 Å². The number of rotatable bonds is 6. The maximum atomic E-state index is 13.3. The summed E-state index contributed by atoms with van der Waals surface area (Å²) in [7, 11) is 0. The molecule has 4 amide bonds. The molecule has 2 heterocycles. The molecule has 1 aliphatic heterocycles. The van der Waals surface area contributed by atoms with E-state index in [4.69, 9.17) is 0 Å². The first-order chi connectivity index (χ1) is 14.2. The first-order valence-corrected chi connectivity index (χ1v) is 10.7. The Morgan fingerprint density at radius 2 is 1.87 bits per heavy atom. The molecule has 3 rings (SSSR count). The van der Waals surface area contributed by atoms with Crippen LogP contribution in [0.5, 0.6) is 0 Å². The predicted molar refractivity (Wildman–Crippen MR) is 117 cm³/mol. The van der Waals surface area contributed by atoms with Gasteiger partial charge in [-0.2, -0.15) is 0 Å². The Bertz CT molecular complexity index is 967. The minimum absolute atomic E-state index is 0.0627. The van der Waals surface area contributed by atoms with Crippen LogP contribution in [0.1, 0.15) is 50.2 Å². The second kappa shape index (κ2) is 8.39. The van der Waals surface area contributed by atoms with Crippen molar-refractivity contribution in [2.24, 2.45) is 0 Å². The SMILES string of the molecule is CCC(C)(C)N(C(=O)c1cccs1)C1CC(=O)N(c2ccc(NC(C)=O)cc2)C1=O. The molecule has 1 atom stereocenters. The maximum Gasteiger partial charge on any atom is 0.265 e. The molecular weight excluding hydrogens is 402 g/mol. The van der Waals surface area contributed by atoms with Crippen LogP contribution < -0.4 is 10.2 Å². The molecule has 0 saturated carbocycles. The number of nitrogens with zero attached hydrogens (tertiary/aromatic N) is 2. The molecule has 1 saturated heterocycles. The zero-order valence-corrected chi connectivity index (χ0v) is 18.3. The molecule has 0 radical (unpaired) electrons. The van der Waals surface area contributed by atoms with E-state index in [0.717, 1.165) is 4.90 Å². The molecule has 0 bridgehead atoms. The number of benzene rings is 1. The van der Waals surface area contributed by atoms with E-state index in [1.807, 2.05) is 26.2 Å². The summed E-state index contributed by atoms with van der Waals surface area (Å²) in [4.78, 5) is 53.8. The molecule has 1 aromatic heterocycles. The average molecular weight is 428 g/mol. The fourth-order valence-electron chi connectivity index (χ4n) is 3.51. The topological polar surface area (TPSA) is 86.8 Å². The monoisotopic (exact) mass is 427 g/mol. The van der Waals surface area contributed by atoms with Crippen LogP contribution in [-0.4, -0.2) is 40.1 Å². The lowest BCUT2D eigenvalue weighted by Crippen LogP contribution is -2.55. The Morgan fingerprint density at radius 1 is 1.20 bits per heavy atom. The Balaban J connectivity index is 1.92. The van der Waals surface area contributed by atoms with Crippen LogP contribution in [0.25, 0.3) is 0 Å². The van der Waals surface area contributed by atoms with Gasteiger partial charge in [0.1, 0.15) is 6.04 Å². The number of anilines is 2. The largest absolute Gasteiger partial charge is 0.326 e. The lowest BCUT2D eigenvalue weighted by atomic mass is 9.95.